The van der Waals surface area contributed by atoms with Gasteiger partial charge in [-0.1, -0.05) is 19.3 Å². The van der Waals surface area contributed by atoms with Gasteiger partial charge in [-0.15, -0.1) is 0 Å². The van der Waals surface area contributed by atoms with Gasteiger partial charge in [0.05, 0.1) is 18.8 Å². The summed E-state index contributed by atoms with van der Waals surface area (Å²) in [5, 5.41) is 10.0. The van der Waals surface area contributed by atoms with Crippen molar-refractivity contribution in [3.63, 3.8) is 0 Å². The van der Waals surface area contributed by atoms with Crippen molar-refractivity contribution in [1.82, 2.24) is 0 Å². The van der Waals surface area contributed by atoms with Gasteiger partial charge in [0.25, 0.3) is 0 Å². The molecule has 1 unspecified atom stereocenters. The lowest BCUT2D eigenvalue weighted by atomic mass is 10.0. The second kappa shape index (κ2) is 10.4. The van der Waals surface area contributed by atoms with E-state index in [4.69, 9.17) is 9.47 Å². The van der Waals surface area contributed by atoms with Crippen LogP contribution in [0.1, 0.15) is 65.2 Å². The molecule has 0 fully saturated rings. The molecule has 0 aromatic carbocycles. The van der Waals surface area contributed by atoms with Crippen LogP contribution in [0.2, 0.25) is 0 Å². The minimum atomic E-state index is -0.625. The summed E-state index contributed by atoms with van der Waals surface area (Å²) in [5.74, 6) is -0.570. The van der Waals surface area contributed by atoms with Crippen LogP contribution in [0.15, 0.2) is 11.6 Å². The van der Waals surface area contributed by atoms with E-state index in [1.807, 2.05) is 0 Å². The smallest absolute Gasteiger partial charge is 0.334 e. The van der Waals surface area contributed by atoms with Crippen LogP contribution in [-0.2, 0) is 19.1 Å². The second-order valence-electron chi connectivity index (χ2n) is 5.99. The van der Waals surface area contributed by atoms with Crippen LogP contribution >= 0.6 is 0 Å². The zero-order chi connectivity index (χ0) is 16.4. The van der Waals surface area contributed by atoms with E-state index in [1.165, 1.54) is 0 Å². The Morgan fingerprint density at radius 3 is 2.68 bits per heavy atom. The summed E-state index contributed by atoms with van der Waals surface area (Å²) in [6.45, 7) is 3.88. The number of hydrogen-bond donors (Lipinski definition) is 1. The van der Waals surface area contributed by atoms with Gasteiger partial charge in [0, 0.05) is 12.0 Å². The van der Waals surface area contributed by atoms with Crippen molar-refractivity contribution >= 4 is 11.9 Å². The number of hydrogen-bond acceptors (Lipinski definition) is 5. The van der Waals surface area contributed by atoms with Crippen molar-refractivity contribution in [2.45, 2.75) is 77.4 Å². The number of carbonyl (C=O) groups is 2. The SMILES string of the molecule is CC(C)OC(=O)/C1=C/C(O)CCCCCCC(=O)OCCC1. The van der Waals surface area contributed by atoms with Gasteiger partial charge in [-0.2, -0.15) is 0 Å². The third kappa shape index (κ3) is 8.17. The summed E-state index contributed by atoms with van der Waals surface area (Å²) in [7, 11) is 0. The lowest BCUT2D eigenvalue weighted by Gasteiger charge is -2.14. The maximum Gasteiger partial charge on any atom is 0.334 e. The first-order valence-electron chi connectivity index (χ1n) is 8.24. The topological polar surface area (TPSA) is 72.8 Å². The van der Waals surface area contributed by atoms with Crippen LogP contribution < -0.4 is 0 Å². The summed E-state index contributed by atoms with van der Waals surface area (Å²) >= 11 is 0. The number of carbonyl (C=O) groups excluding carboxylic acids is 2. The molecule has 0 aromatic heterocycles. The fourth-order valence-corrected chi connectivity index (χ4v) is 2.36. The van der Waals surface area contributed by atoms with E-state index in [1.54, 1.807) is 19.9 Å². The molecule has 5 heteroatoms. The highest BCUT2D eigenvalue weighted by molar-refractivity contribution is 5.88. The van der Waals surface area contributed by atoms with Crippen LogP contribution in [0.3, 0.4) is 0 Å². The van der Waals surface area contributed by atoms with Crippen molar-refractivity contribution < 1.29 is 24.2 Å². The molecule has 0 amide bonds. The molecular weight excluding hydrogens is 284 g/mol. The van der Waals surface area contributed by atoms with E-state index in [2.05, 4.69) is 0 Å². The van der Waals surface area contributed by atoms with Crippen LogP contribution in [0, 0.1) is 0 Å². The maximum atomic E-state index is 12.0. The maximum absolute atomic E-state index is 12.0. The average Bonchev–Trinajstić information content (AvgIpc) is 2.44. The van der Waals surface area contributed by atoms with Gasteiger partial charge in [-0.3, -0.25) is 4.79 Å². The van der Waals surface area contributed by atoms with Crippen LogP contribution in [-0.4, -0.2) is 35.9 Å². The highest BCUT2D eigenvalue weighted by Crippen LogP contribution is 2.15. The molecule has 1 heterocycles. The molecule has 0 saturated heterocycles. The molecule has 5 nitrogen and oxygen atoms in total. The molecule has 22 heavy (non-hydrogen) atoms. The number of aliphatic hydroxyl groups is 1. The van der Waals surface area contributed by atoms with Crippen molar-refractivity contribution in [2.75, 3.05) is 6.61 Å². The minimum Gasteiger partial charge on any atom is -0.466 e. The second-order valence-corrected chi connectivity index (χ2v) is 5.99. The molecule has 0 spiro atoms. The lowest BCUT2D eigenvalue weighted by Crippen LogP contribution is -2.17. The monoisotopic (exact) mass is 312 g/mol. The fourth-order valence-electron chi connectivity index (χ4n) is 2.36. The van der Waals surface area contributed by atoms with Gasteiger partial charge >= 0.3 is 11.9 Å². The molecular formula is C17H28O5. The summed E-state index contributed by atoms with van der Waals surface area (Å²) in [6, 6.07) is 0. The fraction of sp³-hybridized carbons (Fsp3) is 0.765. The van der Waals surface area contributed by atoms with Crippen molar-refractivity contribution in [3.05, 3.63) is 11.6 Å². The first-order valence-corrected chi connectivity index (χ1v) is 8.24. The Bertz CT molecular complexity index is 387. The average molecular weight is 312 g/mol. The van der Waals surface area contributed by atoms with Gasteiger partial charge in [0.2, 0.25) is 0 Å². The largest absolute Gasteiger partial charge is 0.466 e. The first kappa shape index (κ1) is 18.7. The molecule has 126 valence electrons. The molecule has 1 N–H and O–H groups in total. The molecule has 1 aliphatic heterocycles. The zero-order valence-electron chi connectivity index (χ0n) is 13.7. The van der Waals surface area contributed by atoms with Gasteiger partial charge in [-0.25, -0.2) is 4.79 Å². The Hall–Kier alpha value is -1.36. The zero-order valence-corrected chi connectivity index (χ0v) is 13.7. The highest BCUT2D eigenvalue weighted by atomic mass is 16.5. The number of aliphatic hydroxyl groups excluding tert-OH is 1. The predicted molar refractivity (Wildman–Crippen MR) is 83.2 cm³/mol. The quantitative estimate of drug-likeness (QED) is 0.794. The first-order chi connectivity index (χ1) is 10.5. The summed E-state index contributed by atoms with van der Waals surface area (Å²) in [4.78, 5) is 23.5. The molecule has 0 aromatic rings. The van der Waals surface area contributed by atoms with Crippen LogP contribution in [0.4, 0.5) is 0 Å². The Kier molecular flexibility index (Phi) is 8.82. The summed E-state index contributed by atoms with van der Waals surface area (Å²) in [5.41, 5.74) is 0.467. The van der Waals surface area contributed by atoms with E-state index >= 15 is 0 Å². The van der Waals surface area contributed by atoms with Crippen molar-refractivity contribution in [1.29, 1.82) is 0 Å². The van der Waals surface area contributed by atoms with Crippen LogP contribution in [0.25, 0.3) is 0 Å². The van der Waals surface area contributed by atoms with Gasteiger partial charge in [-0.05, 0) is 45.6 Å². The van der Waals surface area contributed by atoms with E-state index in [9.17, 15) is 14.7 Å². The Morgan fingerprint density at radius 1 is 1.23 bits per heavy atom. The Morgan fingerprint density at radius 2 is 1.95 bits per heavy atom. The molecule has 0 radical (unpaired) electrons. The van der Waals surface area contributed by atoms with Gasteiger partial charge < -0.3 is 14.6 Å². The molecule has 0 bridgehead atoms. The van der Waals surface area contributed by atoms with E-state index < -0.39 is 12.1 Å². The molecule has 0 saturated carbocycles. The van der Waals surface area contributed by atoms with E-state index in [0.29, 0.717) is 37.9 Å². The van der Waals surface area contributed by atoms with Crippen molar-refractivity contribution in [2.24, 2.45) is 0 Å². The Balaban J connectivity index is 2.68. The van der Waals surface area contributed by atoms with E-state index in [-0.39, 0.29) is 12.1 Å². The third-order valence-electron chi connectivity index (χ3n) is 3.48. The van der Waals surface area contributed by atoms with E-state index in [0.717, 1.165) is 25.7 Å². The number of esters is 2. The standard InChI is InChI=1S/C17H28O5/c1-13(2)22-17(20)14-8-7-11-21-16(19)10-6-4-3-5-9-15(18)12-14/h12-13,15,18H,3-11H2,1-2H3/b14-12+. The number of cyclic esters (lactones) is 1. The third-order valence-corrected chi connectivity index (χ3v) is 3.48. The molecule has 1 rings (SSSR count). The molecule has 1 aliphatic rings. The molecule has 1 atom stereocenters. The summed E-state index contributed by atoms with van der Waals surface area (Å²) < 4.78 is 10.3. The van der Waals surface area contributed by atoms with Gasteiger partial charge in [0.15, 0.2) is 0 Å². The van der Waals surface area contributed by atoms with Crippen LogP contribution in [0.5, 0.6) is 0 Å². The predicted octanol–water partition coefficient (Wildman–Crippen LogP) is 2.90. The minimum absolute atomic E-state index is 0.174. The molecule has 0 aliphatic carbocycles. The number of rotatable bonds is 2. The number of ether oxygens (including phenoxy) is 2. The van der Waals surface area contributed by atoms with Crippen molar-refractivity contribution in [3.8, 4) is 0 Å². The normalized spacial score (nSPS) is 24.8. The highest BCUT2D eigenvalue weighted by Gasteiger charge is 2.15. The lowest BCUT2D eigenvalue weighted by molar-refractivity contribution is -0.143. The van der Waals surface area contributed by atoms with Gasteiger partial charge in [0.1, 0.15) is 0 Å². The summed E-state index contributed by atoms with van der Waals surface area (Å²) in [6.07, 6.45) is 6.46. The Labute approximate surface area is 132 Å².